The summed E-state index contributed by atoms with van der Waals surface area (Å²) >= 11 is 0. The van der Waals surface area contributed by atoms with Crippen LogP contribution >= 0.6 is 0 Å². The predicted molar refractivity (Wildman–Crippen MR) is 107 cm³/mol. The maximum Gasteiger partial charge on any atom is 0.274 e. The van der Waals surface area contributed by atoms with Gasteiger partial charge in [0.05, 0.1) is 17.8 Å². The monoisotopic (exact) mass is 432 g/mol. The van der Waals surface area contributed by atoms with Gasteiger partial charge in [-0.25, -0.2) is 8.78 Å². The molecule has 164 valence electrons. The van der Waals surface area contributed by atoms with E-state index in [0.717, 1.165) is 6.07 Å². The summed E-state index contributed by atoms with van der Waals surface area (Å²) in [6, 6.07) is 2.38. The standard InChI is InChI=1S/C21H22F2N4O4/c1-3-26-9-12-7-14(24-2)16-15(18(28)19(29)17(21(26)31)27(12)16)20(30)25-8-10-4-5-11(22)6-13(10)23/h4-6,12,14,24,29H,3,7-9H2,1-2H3,(H,25,30)/t12-,14-/m0/s1. The highest BCUT2D eigenvalue weighted by Gasteiger charge is 2.44. The summed E-state index contributed by atoms with van der Waals surface area (Å²) in [6.45, 7) is 2.36. The van der Waals surface area contributed by atoms with Gasteiger partial charge in [-0.2, -0.15) is 0 Å². The smallest absolute Gasteiger partial charge is 0.274 e. The van der Waals surface area contributed by atoms with Crippen molar-refractivity contribution in [2.75, 3.05) is 20.1 Å². The number of hydrogen-bond donors (Lipinski definition) is 3. The van der Waals surface area contributed by atoms with Crippen LogP contribution in [0.15, 0.2) is 23.0 Å². The van der Waals surface area contributed by atoms with Crippen molar-refractivity contribution in [1.82, 2.24) is 20.1 Å². The predicted octanol–water partition coefficient (Wildman–Crippen LogP) is 1.44. The van der Waals surface area contributed by atoms with Crippen LogP contribution in [0.2, 0.25) is 0 Å². The lowest BCUT2D eigenvalue weighted by atomic mass is 10.0. The summed E-state index contributed by atoms with van der Waals surface area (Å²) in [5, 5.41) is 16.1. The number of rotatable bonds is 5. The van der Waals surface area contributed by atoms with E-state index in [-0.39, 0.29) is 35.4 Å². The van der Waals surface area contributed by atoms with Gasteiger partial charge in [0.2, 0.25) is 5.43 Å². The summed E-state index contributed by atoms with van der Waals surface area (Å²) in [4.78, 5) is 40.3. The maximum atomic E-state index is 13.9. The molecule has 1 aromatic heterocycles. The van der Waals surface area contributed by atoms with Gasteiger partial charge < -0.3 is 25.2 Å². The summed E-state index contributed by atoms with van der Waals surface area (Å²) in [7, 11) is 1.68. The van der Waals surface area contributed by atoms with E-state index in [0.29, 0.717) is 31.3 Å². The third-order valence-corrected chi connectivity index (χ3v) is 5.96. The van der Waals surface area contributed by atoms with Crippen LogP contribution in [-0.4, -0.2) is 46.5 Å². The first-order valence-electron chi connectivity index (χ1n) is 9.98. The third-order valence-electron chi connectivity index (χ3n) is 5.96. The molecule has 4 rings (SSSR count). The number of nitrogens with zero attached hydrogens (tertiary/aromatic N) is 2. The summed E-state index contributed by atoms with van der Waals surface area (Å²) in [5.74, 6) is -3.61. The Morgan fingerprint density at radius 1 is 1.29 bits per heavy atom. The van der Waals surface area contributed by atoms with Crippen molar-refractivity contribution in [2.45, 2.75) is 32.0 Å². The van der Waals surface area contributed by atoms with Gasteiger partial charge in [0.1, 0.15) is 17.2 Å². The lowest BCUT2D eigenvalue weighted by molar-refractivity contribution is 0.0675. The molecule has 31 heavy (non-hydrogen) atoms. The Labute approximate surface area is 176 Å². The number of benzene rings is 1. The van der Waals surface area contributed by atoms with E-state index in [1.54, 1.807) is 16.5 Å². The first kappa shape index (κ1) is 21.0. The van der Waals surface area contributed by atoms with Crippen molar-refractivity contribution < 1.29 is 23.5 Å². The third kappa shape index (κ3) is 3.27. The summed E-state index contributed by atoms with van der Waals surface area (Å²) in [5.41, 5.74) is -0.984. The van der Waals surface area contributed by atoms with Gasteiger partial charge in [-0.3, -0.25) is 14.4 Å². The molecule has 3 heterocycles. The first-order valence-corrected chi connectivity index (χ1v) is 9.98. The van der Waals surface area contributed by atoms with E-state index < -0.39 is 34.6 Å². The molecule has 2 amide bonds. The first-order chi connectivity index (χ1) is 14.8. The lowest BCUT2D eigenvalue weighted by Gasteiger charge is -2.33. The topological polar surface area (TPSA) is 104 Å². The Balaban J connectivity index is 1.77. The molecule has 0 bridgehead atoms. The summed E-state index contributed by atoms with van der Waals surface area (Å²) in [6.07, 6.45) is 0.531. The Morgan fingerprint density at radius 3 is 2.68 bits per heavy atom. The second kappa shape index (κ2) is 7.77. The average Bonchev–Trinajstić information content (AvgIpc) is 3.10. The Morgan fingerprint density at radius 2 is 2.03 bits per heavy atom. The highest BCUT2D eigenvalue weighted by Crippen LogP contribution is 2.41. The van der Waals surface area contributed by atoms with E-state index in [1.807, 2.05) is 6.92 Å². The number of halogens is 2. The average molecular weight is 432 g/mol. The number of likely N-dealkylation sites (N-methyl/N-ethyl adjacent to an activating group) is 1. The molecule has 0 unspecified atom stereocenters. The molecule has 1 aromatic carbocycles. The zero-order chi connectivity index (χ0) is 22.4. The second-order valence-corrected chi connectivity index (χ2v) is 7.65. The fourth-order valence-electron chi connectivity index (χ4n) is 4.43. The van der Waals surface area contributed by atoms with Crippen molar-refractivity contribution in [3.05, 3.63) is 62.6 Å². The molecular formula is C21H22F2N4O4. The van der Waals surface area contributed by atoms with Crippen LogP contribution in [0, 0.1) is 11.6 Å². The minimum absolute atomic E-state index is 0.0465. The van der Waals surface area contributed by atoms with Crippen LogP contribution in [-0.2, 0) is 6.54 Å². The number of aromatic nitrogens is 1. The van der Waals surface area contributed by atoms with Gasteiger partial charge in [0.15, 0.2) is 11.4 Å². The molecule has 2 aliphatic rings. The summed E-state index contributed by atoms with van der Waals surface area (Å²) < 4.78 is 28.6. The molecule has 0 saturated carbocycles. The zero-order valence-corrected chi connectivity index (χ0v) is 17.0. The number of hydrogen-bond acceptors (Lipinski definition) is 5. The molecule has 2 aliphatic heterocycles. The molecule has 2 atom stereocenters. The van der Waals surface area contributed by atoms with Crippen LogP contribution in [0.4, 0.5) is 8.78 Å². The normalized spacial score (nSPS) is 19.5. The lowest BCUT2D eigenvalue weighted by Crippen LogP contribution is -2.44. The molecule has 0 aliphatic carbocycles. The number of nitrogens with one attached hydrogen (secondary N) is 2. The SMILES string of the molecule is CCN1C[C@@H]2C[C@H](NC)c3c(C(=O)NCc4ccc(F)cc4F)c(=O)c(O)c(n32)C1=O. The van der Waals surface area contributed by atoms with E-state index in [1.165, 1.54) is 6.07 Å². The largest absolute Gasteiger partial charge is 0.503 e. The van der Waals surface area contributed by atoms with E-state index in [9.17, 15) is 28.3 Å². The van der Waals surface area contributed by atoms with Crippen LogP contribution < -0.4 is 16.1 Å². The molecule has 0 fully saturated rings. The Hall–Kier alpha value is -3.27. The number of pyridine rings is 1. The number of aromatic hydroxyl groups is 1. The van der Waals surface area contributed by atoms with Crippen molar-refractivity contribution in [3.8, 4) is 5.75 Å². The molecule has 8 nitrogen and oxygen atoms in total. The highest BCUT2D eigenvalue weighted by molar-refractivity contribution is 6.00. The molecule has 0 saturated heterocycles. The second-order valence-electron chi connectivity index (χ2n) is 7.65. The van der Waals surface area contributed by atoms with Gasteiger partial charge in [-0.05, 0) is 26.5 Å². The van der Waals surface area contributed by atoms with Crippen LogP contribution in [0.3, 0.4) is 0 Å². The van der Waals surface area contributed by atoms with Gasteiger partial charge in [0, 0.05) is 31.3 Å². The Kier molecular flexibility index (Phi) is 5.26. The minimum Gasteiger partial charge on any atom is -0.503 e. The van der Waals surface area contributed by atoms with Crippen LogP contribution in [0.5, 0.6) is 5.75 Å². The number of carbonyl (C=O) groups is 2. The van der Waals surface area contributed by atoms with Crippen molar-refractivity contribution in [2.24, 2.45) is 0 Å². The number of amides is 2. The van der Waals surface area contributed by atoms with Gasteiger partial charge in [-0.1, -0.05) is 6.07 Å². The zero-order valence-electron chi connectivity index (χ0n) is 17.0. The molecule has 0 spiro atoms. The fraction of sp³-hybridized carbons (Fsp3) is 0.381. The molecular weight excluding hydrogens is 410 g/mol. The van der Waals surface area contributed by atoms with Crippen LogP contribution in [0.25, 0.3) is 0 Å². The highest BCUT2D eigenvalue weighted by atomic mass is 19.1. The molecule has 2 aromatic rings. The minimum atomic E-state index is -0.953. The molecule has 10 heteroatoms. The fourth-order valence-corrected chi connectivity index (χ4v) is 4.43. The van der Waals surface area contributed by atoms with Gasteiger partial charge in [0.25, 0.3) is 11.8 Å². The maximum absolute atomic E-state index is 13.9. The molecule has 0 radical (unpaired) electrons. The van der Waals surface area contributed by atoms with Gasteiger partial charge in [-0.15, -0.1) is 0 Å². The van der Waals surface area contributed by atoms with E-state index >= 15 is 0 Å². The van der Waals surface area contributed by atoms with Crippen LogP contribution in [0.1, 0.15) is 57.5 Å². The van der Waals surface area contributed by atoms with Crippen molar-refractivity contribution in [1.29, 1.82) is 0 Å². The van der Waals surface area contributed by atoms with Crippen molar-refractivity contribution in [3.63, 3.8) is 0 Å². The van der Waals surface area contributed by atoms with E-state index in [2.05, 4.69) is 10.6 Å². The number of carbonyl (C=O) groups excluding carboxylic acids is 2. The van der Waals surface area contributed by atoms with Crippen molar-refractivity contribution >= 4 is 11.8 Å². The quantitative estimate of drug-likeness (QED) is 0.664. The van der Waals surface area contributed by atoms with Gasteiger partial charge >= 0.3 is 0 Å². The Bertz CT molecular complexity index is 1150. The van der Waals surface area contributed by atoms with E-state index in [4.69, 9.17) is 0 Å². The molecule has 3 N–H and O–H groups in total.